The first-order valence-electron chi connectivity index (χ1n) is 5.74. The van der Waals surface area contributed by atoms with Gasteiger partial charge in [0.05, 0.1) is 11.1 Å². The predicted octanol–water partition coefficient (Wildman–Crippen LogP) is 3.99. The molecule has 3 nitrogen and oxygen atoms in total. The Labute approximate surface area is 125 Å². The smallest absolute Gasteiger partial charge is 0.251 e. The van der Waals surface area contributed by atoms with Crippen LogP contribution >= 0.6 is 27.5 Å². The summed E-state index contributed by atoms with van der Waals surface area (Å²) in [5, 5.41) is 3.51. The fourth-order valence-electron chi connectivity index (χ4n) is 1.65. The molecule has 1 aromatic heterocycles. The molecule has 0 aliphatic heterocycles. The average Bonchev–Trinajstić information content (AvgIpc) is 2.42. The van der Waals surface area contributed by atoms with Crippen LogP contribution in [0.1, 0.15) is 28.9 Å². The highest BCUT2D eigenvalue weighted by molar-refractivity contribution is 9.10. The van der Waals surface area contributed by atoms with Crippen molar-refractivity contribution in [2.75, 3.05) is 0 Å². The number of carbonyl (C=O) groups excluding carboxylic acids is 1. The van der Waals surface area contributed by atoms with E-state index in [1.165, 1.54) is 0 Å². The molecule has 0 saturated carbocycles. The van der Waals surface area contributed by atoms with Gasteiger partial charge in [-0.3, -0.25) is 9.78 Å². The lowest BCUT2D eigenvalue weighted by Crippen LogP contribution is -2.26. The Kier molecular flexibility index (Phi) is 4.56. The van der Waals surface area contributed by atoms with Crippen molar-refractivity contribution in [2.24, 2.45) is 0 Å². The van der Waals surface area contributed by atoms with Crippen LogP contribution < -0.4 is 5.32 Å². The lowest BCUT2D eigenvalue weighted by atomic mass is 10.1. The number of nitrogens with zero attached hydrogens (tertiary/aromatic N) is 1. The van der Waals surface area contributed by atoms with Gasteiger partial charge in [0.25, 0.3) is 5.91 Å². The number of benzene rings is 1. The predicted molar refractivity (Wildman–Crippen MR) is 79.3 cm³/mol. The minimum atomic E-state index is -0.137. The Morgan fingerprint density at radius 3 is 2.63 bits per heavy atom. The zero-order valence-electron chi connectivity index (χ0n) is 10.2. The fraction of sp³-hybridized carbons (Fsp3) is 0.143. The molecular formula is C14H12BrClN2O. The molecule has 0 bridgehead atoms. The highest BCUT2D eigenvalue weighted by atomic mass is 79.9. The van der Waals surface area contributed by atoms with Crippen molar-refractivity contribution in [3.05, 3.63) is 63.3 Å². The summed E-state index contributed by atoms with van der Waals surface area (Å²) in [6.45, 7) is 1.93. The van der Waals surface area contributed by atoms with Crippen molar-refractivity contribution < 1.29 is 4.79 Å². The molecular weight excluding hydrogens is 328 g/mol. The molecule has 5 heteroatoms. The molecule has 0 aliphatic rings. The first kappa shape index (κ1) is 14.0. The summed E-state index contributed by atoms with van der Waals surface area (Å²) in [5.74, 6) is -0.137. The monoisotopic (exact) mass is 338 g/mol. The lowest BCUT2D eigenvalue weighted by molar-refractivity contribution is 0.0940. The largest absolute Gasteiger partial charge is 0.346 e. The van der Waals surface area contributed by atoms with Crippen LogP contribution in [-0.4, -0.2) is 10.9 Å². The second-order valence-corrected chi connectivity index (χ2v) is 5.37. The molecule has 98 valence electrons. The molecule has 0 aliphatic carbocycles. The number of pyridine rings is 1. The Morgan fingerprint density at radius 1 is 1.32 bits per heavy atom. The van der Waals surface area contributed by atoms with Gasteiger partial charge in [-0.25, -0.2) is 0 Å². The van der Waals surface area contributed by atoms with Crippen LogP contribution in [0.5, 0.6) is 0 Å². The third-order valence-corrected chi connectivity index (χ3v) is 3.95. The van der Waals surface area contributed by atoms with Crippen LogP contribution in [0, 0.1) is 0 Å². The number of amides is 1. The second kappa shape index (κ2) is 6.17. The van der Waals surface area contributed by atoms with Crippen molar-refractivity contribution >= 4 is 33.4 Å². The van der Waals surface area contributed by atoms with Gasteiger partial charge in [0.15, 0.2) is 0 Å². The van der Waals surface area contributed by atoms with Crippen molar-refractivity contribution in [3.8, 4) is 0 Å². The fourth-order valence-corrected chi connectivity index (χ4v) is 2.15. The van der Waals surface area contributed by atoms with E-state index in [4.69, 9.17) is 11.6 Å². The number of hydrogen-bond acceptors (Lipinski definition) is 2. The summed E-state index contributed by atoms with van der Waals surface area (Å²) in [6.07, 6.45) is 3.41. The molecule has 1 unspecified atom stereocenters. The van der Waals surface area contributed by atoms with Crippen LogP contribution in [0.4, 0.5) is 0 Å². The zero-order valence-corrected chi connectivity index (χ0v) is 12.6. The third kappa shape index (κ3) is 3.55. The summed E-state index contributed by atoms with van der Waals surface area (Å²) in [4.78, 5) is 16.1. The normalized spacial score (nSPS) is 11.9. The Balaban J connectivity index is 2.11. The van der Waals surface area contributed by atoms with Gasteiger partial charge in [0, 0.05) is 22.4 Å². The number of aromatic nitrogens is 1. The second-order valence-electron chi connectivity index (χ2n) is 4.10. The maximum absolute atomic E-state index is 12.1. The van der Waals surface area contributed by atoms with E-state index in [2.05, 4.69) is 26.2 Å². The van der Waals surface area contributed by atoms with Gasteiger partial charge in [-0.15, -0.1) is 0 Å². The lowest BCUT2D eigenvalue weighted by Gasteiger charge is -2.14. The Bertz CT molecular complexity index is 589. The van der Waals surface area contributed by atoms with Gasteiger partial charge < -0.3 is 5.32 Å². The van der Waals surface area contributed by atoms with Gasteiger partial charge in [-0.1, -0.05) is 11.6 Å². The van der Waals surface area contributed by atoms with E-state index in [0.717, 1.165) is 5.56 Å². The highest BCUT2D eigenvalue weighted by Gasteiger charge is 2.12. The third-order valence-electron chi connectivity index (χ3n) is 2.74. The quantitative estimate of drug-likeness (QED) is 0.918. The van der Waals surface area contributed by atoms with E-state index < -0.39 is 0 Å². The molecule has 0 radical (unpaired) electrons. The first-order valence-corrected chi connectivity index (χ1v) is 6.91. The van der Waals surface area contributed by atoms with E-state index >= 15 is 0 Å². The van der Waals surface area contributed by atoms with Gasteiger partial charge in [-0.2, -0.15) is 0 Å². The van der Waals surface area contributed by atoms with E-state index in [1.807, 2.05) is 19.1 Å². The highest BCUT2D eigenvalue weighted by Crippen LogP contribution is 2.23. The standard InChI is InChI=1S/C14H12BrClN2O/c1-9(10-4-6-17-7-5-10)18-14(19)11-2-3-13(16)12(15)8-11/h2-9H,1H3,(H,18,19). The number of rotatable bonds is 3. The van der Waals surface area contributed by atoms with Crippen LogP contribution in [0.2, 0.25) is 5.02 Å². The Morgan fingerprint density at radius 2 is 2.00 bits per heavy atom. The maximum Gasteiger partial charge on any atom is 0.251 e. The molecule has 2 rings (SSSR count). The molecule has 0 fully saturated rings. The van der Waals surface area contributed by atoms with Gasteiger partial charge in [-0.05, 0) is 58.7 Å². The Hall–Kier alpha value is -1.39. The van der Waals surface area contributed by atoms with Crippen molar-refractivity contribution in [2.45, 2.75) is 13.0 Å². The summed E-state index contributed by atoms with van der Waals surface area (Å²) >= 11 is 9.21. The van der Waals surface area contributed by atoms with E-state index in [1.54, 1.807) is 30.6 Å². The molecule has 0 spiro atoms. The molecule has 1 heterocycles. The van der Waals surface area contributed by atoms with E-state index in [0.29, 0.717) is 15.1 Å². The molecule has 1 atom stereocenters. The summed E-state index contributed by atoms with van der Waals surface area (Å²) in [5.41, 5.74) is 1.58. The minimum Gasteiger partial charge on any atom is -0.346 e. The van der Waals surface area contributed by atoms with Crippen LogP contribution in [0.15, 0.2) is 47.2 Å². The first-order chi connectivity index (χ1) is 9.08. The average molecular weight is 340 g/mol. The van der Waals surface area contributed by atoms with Crippen LogP contribution in [-0.2, 0) is 0 Å². The molecule has 1 aromatic carbocycles. The van der Waals surface area contributed by atoms with Gasteiger partial charge in [0.1, 0.15) is 0 Å². The van der Waals surface area contributed by atoms with E-state index in [-0.39, 0.29) is 11.9 Å². The number of halogens is 2. The molecule has 0 saturated heterocycles. The van der Waals surface area contributed by atoms with E-state index in [9.17, 15) is 4.79 Å². The van der Waals surface area contributed by atoms with Gasteiger partial charge >= 0.3 is 0 Å². The molecule has 1 N–H and O–H groups in total. The van der Waals surface area contributed by atoms with Crippen molar-refractivity contribution in [3.63, 3.8) is 0 Å². The molecule has 1 amide bonds. The molecule has 2 aromatic rings. The number of hydrogen-bond donors (Lipinski definition) is 1. The minimum absolute atomic E-state index is 0.0787. The zero-order chi connectivity index (χ0) is 13.8. The number of nitrogens with one attached hydrogen (secondary N) is 1. The topological polar surface area (TPSA) is 42.0 Å². The number of carbonyl (C=O) groups is 1. The summed E-state index contributed by atoms with van der Waals surface area (Å²) in [6, 6.07) is 8.77. The summed E-state index contributed by atoms with van der Waals surface area (Å²) in [7, 11) is 0. The van der Waals surface area contributed by atoms with Crippen molar-refractivity contribution in [1.29, 1.82) is 0 Å². The van der Waals surface area contributed by atoms with Crippen LogP contribution in [0.3, 0.4) is 0 Å². The maximum atomic E-state index is 12.1. The SMILES string of the molecule is CC(NC(=O)c1ccc(Cl)c(Br)c1)c1ccncc1. The molecule has 19 heavy (non-hydrogen) atoms. The van der Waals surface area contributed by atoms with Crippen LogP contribution in [0.25, 0.3) is 0 Å². The van der Waals surface area contributed by atoms with Gasteiger partial charge in [0.2, 0.25) is 0 Å². The summed E-state index contributed by atoms with van der Waals surface area (Å²) < 4.78 is 0.707. The van der Waals surface area contributed by atoms with Crippen molar-refractivity contribution in [1.82, 2.24) is 10.3 Å².